The van der Waals surface area contributed by atoms with Crippen molar-refractivity contribution in [3.63, 3.8) is 0 Å². The van der Waals surface area contributed by atoms with Crippen molar-refractivity contribution < 1.29 is 4.57 Å². The monoisotopic (exact) mass is 187 g/mol. The number of hydrogen-bond acceptors (Lipinski definition) is 0. The van der Waals surface area contributed by atoms with Gasteiger partial charge in [-0.2, -0.15) is 4.57 Å². The summed E-state index contributed by atoms with van der Waals surface area (Å²) in [5.74, 6) is 1.24. The van der Waals surface area contributed by atoms with Gasteiger partial charge in [-0.05, 0) is 18.6 Å². The van der Waals surface area contributed by atoms with Crippen LogP contribution in [0.1, 0.15) is 11.4 Å². The van der Waals surface area contributed by atoms with Gasteiger partial charge in [0.05, 0.1) is 7.05 Å². The van der Waals surface area contributed by atoms with Crippen LogP contribution >= 0.6 is 0 Å². The van der Waals surface area contributed by atoms with Crippen molar-refractivity contribution in [3.05, 3.63) is 48.0 Å². The summed E-state index contributed by atoms with van der Waals surface area (Å²) in [7, 11) is 2.06. The second-order valence-corrected chi connectivity index (χ2v) is 3.61. The zero-order valence-electron chi connectivity index (χ0n) is 8.86. The summed E-state index contributed by atoms with van der Waals surface area (Å²) in [6.07, 6.45) is 4.17. The van der Waals surface area contributed by atoms with Gasteiger partial charge in [0.15, 0.2) is 0 Å². The Morgan fingerprint density at radius 1 is 1.14 bits per heavy atom. The smallest absolute Gasteiger partial charge is 0.237 e. The third kappa shape index (κ3) is 1.33. The molecule has 72 valence electrons. The highest BCUT2D eigenvalue weighted by Gasteiger charge is 2.12. The van der Waals surface area contributed by atoms with Crippen molar-refractivity contribution in [3.8, 4) is 5.69 Å². The van der Waals surface area contributed by atoms with Crippen LogP contribution in [0.3, 0.4) is 0 Å². The number of rotatable bonds is 1. The molecule has 1 aromatic carbocycles. The Bertz CT molecular complexity index is 455. The van der Waals surface area contributed by atoms with Gasteiger partial charge < -0.3 is 0 Å². The molecule has 1 heterocycles. The van der Waals surface area contributed by atoms with E-state index in [9.17, 15) is 0 Å². The largest absolute Gasteiger partial charge is 0.258 e. The van der Waals surface area contributed by atoms with Gasteiger partial charge in [-0.15, -0.1) is 0 Å². The lowest BCUT2D eigenvalue weighted by atomic mass is 10.2. The van der Waals surface area contributed by atoms with Gasteiger partial charge in [0.1, 0.15) is 18.1 Å². The minimum Gasteiger partial charge on any atom is -0.237 e. The molecule has 0 atom stereocenters. The second kappa shape index (κ2) is 3.29. The minimum atomic E-state index is 1.24. The highest BCUT2D eigenvalue weighted by atomic mass is 15.1. The standard InChI is InChI=1S/C12H15N2/c1-10-6-4-5-7-12(10)14-9-8-13(3)11(14)2/h4-9H,1-3H3/q+1. The van der Waals surface area contributed by atoms with E-state index in [4.69, 9.17) is 0 Å². The third-order valence-corrected chi connectivity index (χ3v) is 2.67. The molecule has 0 spiro atoms. The van der Waals surface area contributed by atoms with E-state index in [1.807, 2.05) is 0 Å². The first kappa shape index (κ1) is 9.00. The molecule has 2 aromatic rings. The molecule has 0 unspecified atom stereocenters. The lowest BCUT2D eigenvalue weighted by Crippen LogP contribution is -2.29. The van der Waals surface area contributed by atoms with Crippen LogP contribution in [0, 0.1) is 13.8 Å². The molecule has 14 heavy (non-hydrogen) atoms. The van der Waals surface area contributed by atoms with E-state index in [0.29, 0.717) is 0 Å². The van der Waals surface area contributed by atoms with Crippen LogP contribution in [0.2, 0.25) is 0 Å². The first-order valence-corrected chi connectivity index (χ1v) is 4.80. The Balaban J connectivity index is 2.60. The molecule has 0 fully saturated rings. The van der Waals surface area contributed by atoms with Crippen molar-refractivity contribution in [2.24, 2.45) is 7.05 Å². The van der Waals surface area contributed by atoms with E-state index < -0.39 is 0 Å². The van der Waals surface area contributed by atoms with Crippen LogP contribution in [0.15, 0.2) is 36.7 Å². The number of nitrogens with zero attached hydrogens (tertiary/aromatic N) is 2. The van der Waals surface area contributed by atoms with E-state index in [-0.39, 0.29) is 0 Å². The van der Waals surface area contributed by atoms with Crippen molar-refractivity contribution in [1.82, 2.24) is 4.57 Å². The molecule has 0 aliphatic carbocycles. The van der Waals surface area contributed by atoms with E-state index in [2.05, 4.69) is 66.7 Å². The number of aromatic nitrogens is 2. The lowest BCUT2D eigenvalue weighted by Gasteiger charge is -2.01. The van der Waals surface area contributed by atoms with Gasteiger partial charge >= 0.3 is 0 Å². The third-order valence-electron chi connectivity index (χ3n) is 2.67. The van der Waals surface area contributed by atoms with Crippen molar-refractivity contribution in [2.45, 2.75) is 13.8 Å². The molecule has 2 heteroatoms. The van der Waals surface area contributed by atoms with Crippen LogP contribution in [0.5, 0.6) is 0 Å². The molecule has 0 bridgehead atoms. The fraction of sp³-hybridized carbons (Fsp3) is 0.250. The number of imidazole rings is 1. The van der Waals surface area contributed by atoms with E-state index in [0.717, 1.165) is 0 Å². The number of aryl methyl sites for hydroxylation is 2. The summed E-state index contributed by atoms with van der Waals surface area (Å²) in [5, 5.41) is 0. The molecule has 0 N–H and O–H groups in total. The van der Waals surface area contributed by atoms with E-state index in [1.165, 1.54) is 17.1 Å². The van der Waals surface area contributed by atoms with Crippen LogP contribution in [-0.4, -0.2) is 4.57 Å². The van der Waals surface area contributed by atoms with Gasteiger partial charge in [0.25, 0.3) is 5.82 Å². The Morgan fingerprint density at radius 2 is 1.86 bits per heavy atom. The maximum absolute atomic E-state index is 2.20. The van der Waals surface area contributed by atoms with E-state index in [1.54, 1.807) is 0 Å². The predicted octanol–water partition coefficient (Wildman–Crippen LogP) is 1.92. The zero-order chi connectivity index (χ0) is 10.1. The fourth-order valence-corrected chi connectivity index (χ4v) is 1.64. The number of benzene rings is 1. The molecule has 2 nitrogen and oxygen atoms in total. The van der Waals surface area contributed by atoms with E-state index >= 15 is 0 Å². The molecule has 0 aliphatic heterocycles. The fourth-order valence-electron chi connectivity index (χ4n) is 1.64. The Morgan fingerprint density at radius 3 is 2.43 bits per heavy atom. The van der Waals surface area contributed by atoms with Crippen LogP contribution in [0.4, 0.5) is 0 Å². The van der Waals surface area contributed by atoms with Crippen molar-refractivity contribution in [2.75, 3.05) is 0 Å². The van der Waals surface area contributed by atoms with Gasteiger partial charge in [-0.3, -0.25) is 0 Å². The van der Waals surface area contributed by atoms with Crippen LogP contribution in [-0.2, 0) is 7.05 Å². The first-order chi connectivity index (χ1) is 6.70. The van der Waals surface area contributed by atoms with Crippen LogP contribution < -0.4 is 4.57 Å². The highest BCUT2D eigenvalue weighted by Crippen LogP contribution is 2.13. The maximum Gasteiger partial charge on any atom is 0.258 e. The lowest BCUT2D eigenvalue weighted by molar-refractivity contribution is -0.677. The molecule has 0 saturated carbocycles. The molecule has 1 aromatic heterocycles. The van der Waals surface area contributed by atoms with Gasteiger partial charge in [-0.1, -0.05) is 18.2 Å². The minimum absolute atomic E-state index is 1.24. The van der Waals surface area contributed by atoms with Gasteiger partial charge in [0, 0.05) is 6.92 Å². The second-order valence-electron chi connectivity index (χ2n) is 3.61. The zero-order valence-corrected chi connectivity index (χ0v) is 8.86. The van der Waals surface area contributed by atoms with Gasteiger partial charge in [-0.25, -0.2) is 4.57 Å². The predicted molar refractivity (Wildman–Crippen MR) is 56.4 cm³/mol. The Labute approximate surface area is 84.4 Å². The van der Waals surface area contributed by atoms with Crippen molar-refractivity contribution in [1.29, 1.82) is 0 Å². The molecule has 2 rings (SSSR count). The summed E-state index contributed by atoms with van der Waals surface area (Å²) < 4.78 is 4.32. The molecular formula is C12H15N2+. The molecule has 0 aliphatic rings. The summed E-state index contributed by atoms with van der Waals surface area (Å²) in [5.41, 5.74) is 2.55. The number of hydrogen-bond donors (Lipinski definition) is 0. The SMILES string of the molecule is Cc1ccccc1-n1cc[n+](C)c1C. The number of para-hydroxylation sites is 1. The average molecular weight is 187 g/mol. The average Bonchev–Trinajstić information content (AvgIpc) is 2.49. The summed E-state index contributed by atoms with van der Waals surface area (Å²) >= 11 is 0. The topological polar surface area (TPSA) is 8.81 Å². The Kier molecular flexibility index (Phi) is 2.12. The van der Waals surface area contributed by atoms with Crippen molar-refractivity contribution >= 4 is 0 Å². The van der Waals surface area contributed by atoms with Crippen LogP contribution in [0.25, 0.3) is 5.69 Å². The normalized spacial score (nSPS) is 10.5. The molecule has 0 saturated heterocycles. The summed E-state index contributed by atoms with van der Waals surface area (Å²) in [4.78, 5) is 0. The highest BCUT2D eigenvalue weighted by molar-refractivity contribution is 5.40. The summed E-state index contributed by atoms with van der Waals surface area (Å²) in [6.45, 7) is 4.25. The summed E-state index contributed by atoms with van der Waals surface area (Å²) in [6, 6.07) is 8.41. The quantitative estimate of drug-likeness (QED) is 0.603. The Hall–Kier alpha value is -1.57. The maximum atomic E-state index is 2.20. The molecule has 0 radical (unpaired) electrons. The molecule has 0 amide bonds. The first-order valence-electron chi connectivity index (χ1n) is 4.80. The molecular weight excluding hydrogens is 172 g/mol. The van der Waals surface area contributed by atoms with Gasteiger partial charge in [0.2, 0.25) is 0 Å².